The van der Waals surface area contributed by atoms with Gasteiger partial charge < -0.3 is 10.8 Å². The third kappa shape index (κ3) is 3.73. The van der Waals surface area contributed by atoms with Crippen molar-refractivity contribution in [2.45, 2.75) is 31.7 Å². The highest BCUT2D eigenvalue weighted by atomic mass is 32.2. The highest BCUT2D eigenvalue weighted by molar-refractivity contribution is 7.89. The van der Waals surface area contributed by atoms with E-state index in [0.717, 1.165) is 19.3 Å². The summed E-state index contributed by atoms with van der Waals surface area (Å²) in [4.78, 5) is 10.5. The average Bonchev–Trinajstić information content (AvgIpc) is 2.27. The quantitative estimate of drug-likeness (QED) is 0.691. The smallest absolute Gasteiger partial charge is 0.320 e. The van der Waals surface area contributed by atoms with Crippen LogP contribution < -0.4 is 5.73 Å². The van der Waals surface area contributed by atoms with E-state index in [0.29, 0.717) is 13.1 Å². The molecule has 1 heterocycles. The van der Waals surface area contributed by atoms with E-state index < -0.39 is 22.0 Å². The molecule has 1 rings (SSSR count). The fraction of sp³-hybridized carbons (Fsp3) is 0.889. The first-order chi connectivity index (χ1) is 7.43. The largest absolute Gasteiger partial charge is 0.480 e. The van der Waals surface area contributed by atoms with Gasteiger partial charge in [-0.1, -0.05) is 6.42 Å². The Morgan fingerprint density at radius 2 is 1.88 bits per heavy atom. The second-order valence-corrected chi connectivity index (χ2v) is 6.10. The fourth-order valence-corrected chi connectivity index (χ4v) is 3.30. The van der Waals surface area contributed by atoms with Crippen molar-refractivity contribution in [3.8, 4) is 0 Å². The van der Waals surface area contributed by atoms with Crippen molar-refractivity contribution in [3.63, 3.8) is 0 Å². The van der Waals surface area contributed by atoms with Crippen molar-refractivity contribution in [2.24, 2.45) is 5.73 Å². The molecule has 6 nitrogen and oxygen atoms in total. The number of carboxylic acid groups (broad SMARTS) is 1. The normalized spacial score (nSPS) is 20.6. The highest BCUT2D eigenvalue weighted by Gasteiger charge is 2.25. The van der Waals surface area contributed by atoms with E-state index in [2.05, 4.69) is 0 Å². The minimum atomic E-state index is -3.32. The van der Waals surface area contributed by atoms with Gasteiger partial charge in [0.05, 0.1) is 5.75 Å². The minimum absolute atomic E-state index is 0.0336. The Balaban J connectivity index is 2.47. The lowest BCUT2D eigenvalue weighted by Gasteiger charge is -2.26. The van der Waals surface area contributed by atoms with E-state index in [1.165, 1.54) is 4.31 Å². The molecule has 94 valence electrons. The molecule has 0 amide bonds. The number of rotatable bonds is 5. The molecule has 0 aliphatic carbocycles. The summed E-state index contributed by atoms with van der Waals surface area (Å²) in [6, 6.07) is -1.10. The first kappa shape index (κ1) is 13.4. The molecule has 0 unspecified atom stereocenters. The van der Waals surface area contributed by atoms with Crippen LogP contribution in [0.2, 0.25) is 0 Å². The zero-order valence-corrected chi connectivity index (χ0v) is 9.95. The van der Waals surface area contributed by atoms with Gasteiger partial charge in [-0.05, 0) is 19.3 Å². The summed E-state index contributed by atoms with van der Waals surface area (Å²) in [6.07, 6.45) is 2.78. The lowest BCUT2D eigenvalue weighted by Crippen LogP contribution is -2.40. The Morgan fingerprint density at radius 1 is 1.31 bits per heavy atom. The van der Waals surface area contributed by atoms with E-state index in [9.17, 15) is 13.2 Å². The van der Waals surface area contributed by atoms with Gasteiger partial charge in [0, 0.05) is 13.1 Å². The second-order valence-electron chi connectivity index (χ2n) is 4.01. The van der Waals surface area contributed by atoms with Crippen LogP contribution in [0.15, 0.2) is 0 Å². The van der Waals surface area contributed by atoms with E-state index in [1.54, 1.807) is 0 Å². The zero-order chi connectivity index (χ0) is 12.2. The molecule has 1 saturated heterocycles. The molecule has 16 heavy (non-hydrogen) atoms. The third-order valence-corrected chi connectivity index (χ3v) is 4.62. The van der Waals surface area contributed by atoms with Gasteiger partial charge in [0.15, 0.2) is 0 Å². The fourth-order valence-electron chi connectivity index (χ4n) is 1.67. The summed E-state index contributed by atoms with van der Waals surface area (Å²) < 4.78 is 25.0. The summed E-state index contributed by atoms with van der Waals surface area (Å²) in [5.74, 6) is -1.34. The van der Waals surface area contributed by atoms with Gasteiger partial charge >= 0.3 is 5.97 Å². The van der Waals surface area contributed by atoms with Crippen molar-refractivity contribution >= 4 is 16.0 Å². The summed E-state index contributed by atoms with van der Waals surface area (Å²) in [7, 11) is -3.32. The molecule has 0 saturated carbocycles. The highest BCUT2D eigenvalue weighted by Crippen LogP contribution is 2.14. The molecule has 0 aromatic carbocycles. The average molecular weight is 250 g/mol. The topological polar surface area (TPSA) is 101 Å². The van der Waals surface area contributed by atoms with Crippen LogP contribution in [0, 0.1) is 0 Å². The van der Waals surface area contributed by atoms with Crippen LogP contribution in [0.4, 0.5) is 0 Å². The maximum absolute atomic E-state index is 11.8. The number of carbonyl (C=O) groups is 1. The van der Waals surface area contributed by atoms with Crippen molar-refractivity contribution < 1.29 is 18.3 Å². The van der Waals surface area contributed by atoms with Gasteiger partial charge in [0.1, 0.15) is 6.04 Å². The van der Waals surface area contributed by atoms with Crippen molar-refractivity contribution in [2.75, 3.05) is 18.8 Å². The van der Waals surface area contributed by atoms with Crippen LogP contribution in [0.1, 0.15) is 25.7 Å². The van der Waals surface area contributed by atoms with Crippen molar-refractivity contribution in [1.82, 2.24) is 4.31 Å². The maximum atomic E-state index is 11.8. The van der Waals surface area contributed by atoms with Gasteiger partial charge in [-0.15, -0.1) is 0 Å². The summed E-state index contributed by atoms with van der Waals surface area (Å²) in [5, 5.41) is 8.56. The van der Waals surface area contributed by atoms with E-state index in [-0.39, 0.29) is 12.2 Å². The molecule has 1 aliphatic heterocycles. The molecular weight excluding hydrogens is 232 g/mol. The number of hydrogen-bond donors (Lipinski definition) is 2. The zero-order valence-electron chi connectivity index (χ0n) is 9.13. The monoisotopic (exact) mass is 250 g/mol. The molecule has 0 aromatic heterocycles. The Bertz CT molecular complexity index is 335. The Hall–Kier alpha value is -0.660. The maximum Gasteiger partial charge on any atom is 0.320 e. The molecule has 0 bridgehead atoms. The molecule has 3 N–H and O–H groups in total. The number of piperidine rings is 1. The molecular formula is C9H18N2O4S. The van der Waals surface area contributed by atoms with Crippen molar-refractivity contribution in [3.05, 3.63) is 0 Å². The predicted molar refractivity (Wildman–Crippen MR) is 59.4 cm³/mol. The van der Waals surface area contributed by atoms with Crippen LogP contribution in [-0.4, -0.2) is 48.7 Å². The van der Waals surface area contributed by atoms with Gasteiger partial charge in [0.25, 0.3) is 0 Å². The van der Waals surface area contributed by atoms with Crippen molar-refractivity contribution in [1.29, 1.82) is 0 Å². The molecule has 1 aliphatic rings. The van der Waals surface area contributed by atoms with E-state index >= 15 is 0 Å². The van der Waals surface area contributed by atoms with Crippen LogP contribution in [-0.2, 0) is 14.8 Å². The summed E-state index contributed by atoms with van der Waals surface area (Å²) in [5.41, 5.74) is 5.27. The number of hydrogen-bond acceptors (Lipinski definition) is 4. The van der Waals surface area contributed by atoms with Crippen LogP contribution in [0.25, 0.3) is 0 Å². The first-order valence-corrected chi connectivity index (χ1v) is 7.00. The number of sulfonamides is 1. The molecule has 1 atom stereocenters. The minimum Gasteiger partial charge on any atom is -0.480 e. The van der Waals surface area contributed by atoms with Crippen LogP contribution in [0.3, 0.4) is 0 Å². The second kappa shape index (κ2) is 5.60. The number of carboxylic acids is 1. The number of nitrogens with two attached hydrogens (primary N) is 1. The molecule has 0 aromatic rings. The van der Waals surface area contributed by atoms with Gasteiger partial charge in [-0.2, -0.15) is 0 Å². The number of aliphatic carboxylic acids is 1. The Morgan fingerprint density at radius 3 is 2.38 bits per heavy atom. The standard InChI is InChI=1S/C9H18N2O4S/c10-8(9(12)13)4-7-16(14,15)11-5-2-1-3-6-11/h8H,1-7,10H2,(H,12,13)/t8-/m0/s1. The van der Waals surface area contributed by atoms with Gasteiger partial charge in [-0.3, -0.25) is 4.79 Å². The Kier molecular flexibility index (Phi) is 4.69. The number of nitrogens with zero attached hydrogens (tertiary/aromatic N) is 1. The SMILES string of the molecule is N[C@@H](CCS(=O)(=O)N1CCCCC1)C(=O)O. The van der Waals surface area contributed by atoms with E-state index in [1.807, 2.05) is 0 Å². The van der Waals surface area contributed by atoms with E-state index in [4.69, 9.17) is 10.8 Å². The molecule has 1 fully saturated rings. The molecule has 0 radical (unpaired) electrons. The Labute approximate surface area is 95.5 Å². The van der Waals surface area contributed by atoms with Crippen LogP contribution in [0.5, 0.6) is 0 Å². The summed E-state index contributed by atoms with van der Waals surface area (Å²) in [6.45, 7) is 1.09. The van der Waals surface area contributed by atoms with Gasteiger partial charge in [-0.25, -0.2) is 12.7 Å². The molecule has 7 heteroatoms. The van der Waals surface area contributed by atoms with Crippen LogP contribution >= 0.6 is 0 Å². The lowest BCUT2D eigenvalue weighted by molar-refractivity contribution is -0.138. The third-order valence-electron chi connectivity index (χ3n) is 2.71. The lowest BCUT2D eigenvalue weighted by atomic mass is 10.2. The first-order valence-electron chi connectivity index (χ1n) is 5.40. The van der Waals surface area contributed by atoms with Gasteiger partial charge in [0.2, 0.25) is 10.0 Å². The predicted octanol–water partition coefficient (Wildman–Crippen LogP) is -0.396. The summed E-state index contributed by atoms with van der Waals surface area (Å²) >= 11 is 0. The molecule has 0 spiro atoms.